The van der Waals surface area contributed by atoms with Gasteiger partial charge in [-0.25, -0.2) is 0 Å². The first-order valence-electron chi connectivity index (χ1n) is 13.3. The van der Waals surface area contributed by atoms with Crippen molar-refractivity contribution in [2.75, 3.05) is 0 Å². The van der Waals surface area contributed by atoms with E-state index in [9.17, 15) is 19.8 Å². The van der Waals surface area contributed by atoms with Crippen molar-refractivity contribution in [3.63, 3.8) is 0 Å². The van der Waals surface area contributed by atoms with E-state index in [4.69, 9.17) is 0 Å². The number of fused-ring (bicyclic) bond motifs is 1. The van der Waals surface area contributed by atoms with Crippen molar-refractivity contribution in [3.8, 4) is 0 Å². The molecule has 0 aliphatic heterocycles. The Balaban J connectivity index is 1.50. The number of aliphatic hydroxyl groups is 2. The summed E-state index contributed by atoms with van der Waals surface area (Å²) in [7, 11) is 0. The van der Waals surface area contributed by atoms with Crippen molar-refractivity contribution in [2.45, 2.75) is 70.2 Å². The van der Waals surface area contributed by atoms with Crippen LogP contribution in [0.15, 0.2) is 78.9 Å². The summed E-state index contributed by atoms with van der Waals surface area (Å²) in [5.41, 5.74) is 3.85. The van der Waals surface area contributed by atoms with Gasteiger partial charge in [-0.15, -0.1) is 0 Å². The minimum Gasteiger partial charge on any atom is -0.393 e. The fraction of sp³-hybridized carbons (Fsp3) is 0.375. The quantitative estimate of drug-likeness (QED) is 0.345. The molecular formula is C32H38N2O4. The predicted molar refractivity (Wildman–Crippen MR) is 149 cm³/mol. The highest BCUT2D eigenvalue weighted by atomic mass is 16.3. The summed E-state index contributed by atoms with van der Waals surface area (Å²) in [5, 5.41) is 27.9. The lowest BCUT2D eigenvalue weighted by Gasteiger charge is -2.25. The summed E-state index contributed by atoms with van der Waals surface area (Å²) >= 11 is 0. The molecule has 38 heavy (non-hydrogen) atoms. The molecule has 4 rings (SSSR count). The average molecular weight is 515 g/mol. The number of rotatable bonds is 9. The molecule has 1 aliphatic carbocycles. The van der Waals surface area contributed by atoms with Gasteiger partial charge in [0.05, 0.1) is 18.2 Å². The summed E-state index contributed by atoms with van der Waals surface area (Å²) in [6.45, 7) is 5.78. The Morgan fingerprint density at radius 3 is 2.32 bits per heavy atom. The molecule has 3 aromatic rings. The molecule has 3 aromatic carbocycles. The highest BCUT2D eigenvalue weighted by Gasteiger charge is 2.34. The molecule has 4 N–H and O–H groups in total. The molecule has 4 atom stereocenters. The second-order valence-corrected chi connectivity index (χ2v) is 11.3. The van der Waals surface area contributed by atoms with E-state index in [-0.39, 0.29) is 30.2 Å². The average Bonchev–Trinajstić information content (AvgIpc) is 3.18. The van der Waals surface area contributed by atoms with E-state index in [1.807, 2.05) is 93.6 Å². The molecule has 6 heteroatoms. The number of hydrogen-bond acceptors (Lipinski definition) is 4. The molecule has 0 spiro atoms. The summed E-state index contributed by atoms with van der Waals surface area (Å²) in [4.78, 5) is 26.5. The van der Waals surface area contributed by atoms with E-state index in [2.05, 4.69) is 10.6 Å². The molecule has 1 aliphatic rings. The Hall–Kier alpha value is -3.48. The van der Waals surface area contributed by atoms with Gasteiger partial charge in [0, 0.05) is 23.4 Å². The third-order valence-electron chi connectivity index (χ3n) is 6.96. The first kappa shape index (κ1) is 27.6. The van der Waals surface area contributed by atoms with Crippen LogP contribution < -0.4 is 10.6 Å². The molecule has 0 saturated heterocycles. The molecular weight excluding hydrogens is 476 g/mol. The Labute approximate surface area is 225 Å². The lowest BCUT2D eigenvalue weighted by molar-refractivity contribution is -0.127. The number of carbonyl (C=O) groups excluding carboxylic acids is 2. The molecule has 0 bridgehead atoms. The van der Waals surface area contributed by atoms with Gasteiger partial charge in [-0.3, -0.25) is 9.59 Å². The van der Waals surface area contributed by atoms with E-state index < -0.39 is 24.2 Å². The van der Waals surface area contributed by atoms with Crippen LogP contribution in [-0.4, -0.2) is 39.8 Å². The number of hydrogen-bond donors (Lipinski definition) is 4. The highest BCUT2D eigenvalue weighted by Crippen LogP contribution is 2.32. The normalized spacial score (nSPS) is 18.3. The van der Waals surface area contributed by atoms with E-state index in [0.717, 1.165) is 22.3 Å². The number of aliphatic hydroxyl groups excluding tert-OH is 2. The molecule has 0 aromatic heterocycles. The number of amides is 2. The van der Waals surface area contributed by atoms with Crippen LogP contribution in [0.5, 0.6) is 0 Å². The van der Waals surface area contributed by atoms with Gasteiger partial charge in [0.1, 0.15) is 0 Å². The van der Waals surface area contributed by atoms with Crippen molar-refractivity contribution in [2.24, 2.45) is 5.92 Å². The predicted octanol–water partition coefficient (Wildman–Crippen LogP) is 4.14. The molecule has 0 heterocycles. The number of nitrogens with one attached hydrogen (secondary N) is 2. The smallest absolute Gasteiger partial charge is 0.251 e. The zero-order valence-corrected chi connectivity index (χ0v) is 22.4. The van der Waals surface area contributed by atoms with E-state index in [1.165, 1.54) is 0 Å². The van der Waals surface area contributed by atoms with Crippen LogP contribution in [0.25, 0.3) is 0 Å². The fourth-order valence-electron chi connectivity index (χ4n) is 5.19. The zero-order valence-electron chi connectivity index (χ0n) is 22.4. The highest BCUT2D eigenvalue weighted by molar-refractivity contribution is 5.96. The lowest BCUT2D eigenvalue weighted by Crippen LogP contribution is -2.41. The summed E-state index contributed by atoms with van der Waals surface area (Å²) < 4.78 is 0. The van der Waals surface area contributed by atoms with Gasteiger partial charge < -0.3 is 20.8 Å². The maximum Gasteiger partial charge on any atom is 0.251 e. The number of benzene rings is 3. The van der Waals surface area contributed by atoms with Crippen LogP contribution in [-0.2, 0) is 24.1 Å². The summed E-state index contributed by atoms with van der Waals surface area (Å²) in [5.74, 6) is -0.900. The standard InChI is InChI=1S/C32H38N2O4/c1-32(2,3)34-31(38)27-16-10-8-13-22(27)18-25(35)19-24(17-21-11-5-4-6-12-21)30(37)33-29-26-15-9-7-14-23(26)20-28(29)36/h4-16,24-25,28-29,35-36H,17-20H2,1-3H3,(H,33,37)(H,34,38)/t24-,25-,28+,29-/m0/s1. The van der Waals surface area contributed by atoms with Crippen LogP contribution in [0.1, 0.15) is 65.8 Å². The van der Waals surface area contributed by atoms with Crippen molar-refractivity contribution in [1.82, 2.24) is 10.6 Å². The van der Waals surface area contributed by atoms with Gasteiger partial charge in [0.2, 0.25) is 5.91 Å². The maximum atomic E-state index is 13.6. The Kier molecular flexibility index (Phi) is 8.65. The fourth-order valence-corrected chi connectivity index (χ4v) is 5.19. The first-order chi connectivity index (χ1) is 18.1. The van der Waals surface area contributed by atoms with Gasteiger partial charge in [0.15, 0.2) is 0 Å². The summed E-state index contributed by atoms with van der Waals surface area (Å²) in [6.07, 6.45) is -0.0895. The molecule has 200 valence electrons. The molecule has 0 radical (unpaired) electrons. The largest absolute Gasteiger partial charge is 0.393 e. The van der Waals surface area contributed by atoms with E-state index in [1.54, 1.807) is 6.07 Å². The zero-order chi connectivity index (χ0) is 27.3. The SMILES string of the molecule is CC(C)(C)NC(=O)c1ccccc1C[C@H](O)C[C@H](Cc1ccccc1)C(=O)N[C@H]1c2ccccc2C[C@H]1O. The van der Waals surface area contributed by atoms with Crippen LogP contribution in [0, 0.1) is 5.92 Å². The Morgan fingerprint density at radius 2 is 1.58 bits per heavy atom. The van der Waals surface area contributed by atoms with Crippen LogP contribution in [0.4, 0.5) is 0 Å². The minimum atomic E-state index is -0.834. The molecule has 0 fully saturated rings. The van der Waals surface area contributed by atoms with Crippen LogP contribution in [0.2, 0.25) is 0 Å². The van der Waals surface area contributed by atoms with Gasteiger partial charge in [0.25, 0.3) is 5.91 Å². The van der Waals surface area contributed by atoms with Crippen molar-refractivity contribution in [1.29, 1.82) is 0 Å². The van der Waals surface area contributed by atoms with Crippen molar-refractivity contribution in [3.05, 3.63) is 107 Å². The van der Waals surface area contributed by atoms with Crippen molar-refractivity contribution < 1.29 is 19.8 Å². The van der Waals surface area contributed by atoms with E-state index >= 15 is 0 Å². The Morgan fingerprint density at radius 1 is 0.921 bits per heavy atom. The van der Waals surface area contributed by atoms with Gasteiger partial charge in [-0.2, -0.15) is 0 Å². The molecule has 6 nitrogen and oxygen atoms in total. The molecule has 2 amide bonds. The second-order valence-electron chi connectivity index (χ2n) is 11.3. The van der Waals surface area contributed by atoms with Gasteiger partial charge in [-0.05, 0) is 68.4 Å². The monoisotopic (exact) mass is 514 g/mol. The van der Waals surface area contributed by atoms with Crippen LogP contribution in [0.3, 0.4) is 0 Å². The van der Waals surface area contributed by atoms with E-state index in [0.29, 0.717) is 18.4 Å². The third kappa shape index (κ3) is 7.09. The topological polar surface area (TPSA) is 98.7 Å². The molecule has 0 unspecified atom stereocenters. The first-order valence-corrected chi connectivity index (χ1v) is 13.3. The number of carbonyl (C=O) groups is 2. The van der Waals surface area contributed by atoms with Gasteiger partial charge >= 0.3 is 0 Å². The summed E-state index contributed by atoms with van der Waals surface area (Å²) in [6, 6.07) is 24.3. The van der Waals surface area contributed by atoms with Crippen LogP contribution >= 0.6 is 0 Å². The van der Waals surface area contributed by atoms with Gasteiger partial charge in [-0.1, -0.05) is 72.8 Å². The van der Waals surface area contributed by atoms with Crippen molar-refractivity contribution >= 4 is 11.8 Å². The maximum absolute atomic E-state index is 13.6. The second kappa shape index (κ2) is 11.9. The lowest BCUT2D eigenvalue weighted by atomic mass is 9.89. The third-order valence-corrected chi connectivity index (χ3v) is 6.96. The Bertz CT molecular complexity index is 1250. The molecule has 0 saturated carbocycles. The minimum absolute atomic E-state index is 0.187.